The maximum atomic E-state index is 14.4. The molecule has 8 rings (SSSR count). The number of aliphatic imine (C=N–C) groups is 2. The lowest BCUT2D eigenvalue weighted by atomic mass is 10.0. The summed E-state index contributed by atoms with van der Waals surface area (Å²) in [6, 6.07) is 28.3. The molecule has 2 fully saturated rings. The van der Waals surface area contributed by atoms with Crippen molar-refractivity contribution in [2.45, 2.75) is 181 Å². The number of amides is 4. The van der Waals surface area contributed by atoms with E-state index in [0.717, 1.165) is 21.9 Å². The molecule has 2 aromatic heterocycles. The maximum absolute atomic E-state index is 14.4. The number of fused-ring (bicyclic) bond motifs is 2. The quantitative estimate of drug-likeness (QED) is 0.0142. The molecule has 0 radical (unpaired) electrons. The van der Waals surface area contributed by atoms with Gasteiger partial charge in [0.15, 0.2) is 6.19 Å². The Kier molecular flexibility index (Phi) is 25.8. The first kappa shape index (κ1) is 75.1. The molecule has 2 saturated heterocycles. The van der Waals surface area contributed by atoms with Gasteiger partial charge in [0, 0.05) is 59.0 Å². The molecule has 8 atom stereocenters. The molecule has 0 aliphatic carbocycles. The van der Waals surface area contributed by atoms with E-state index in [1.165, 1.54) is 9.80 Å². The molecule has 2 aliphatic rings. The van der Waals surface area contributed by atoms with E-state index >= 15 is 0 Å². The second-order valence-electron chi connectivity index (χ2n) is 26.8. The minimum Gasteiger partial charge on any atom is -0.497 e. The van der Waals surface area contributed by atoms with Gasteiger partial charge < -0.3 is 64.8 Å². The Bertz CT molecular complexity index is 3880. The summed E-state index contributed by atoms with van der Waals surface area (Å²) in [6.07, 6.45) is 1.30. The first-order valence-electron chi connectivity index (χ1n) is 33.0. The normalized spacial score (nSPS) is 17.7. The number of nitrogens with one attached hydrogen (secondary N) is 3. The number of benzene rings is 4. The van der Waals surface area contributed by atoms with Gasteiger partial charge in [0.05, 0.1) is 61.8 Å². The highest BCUT2D eigenvalue weighted by atomic mass is 16.6. The second-order valence-corrected chi connectivity index (χ2v) is 26.8. The average molecular weight is 1350 g/mol. The largest absolute Gasteiger partial charge is 0.497 e. The SMILES string of the molecule is CCC[C@H](N=C(N)[C@@H]1C[C@@H](Oc2cc(-c3ccccc3)nc3cc(OC)ccc23)CN1C(=O)[C@@H](NC(=O)OC(C)(C)C)C(C)C)C(=O)O.CCC[C@H](N=C(NC#N)[C@@H]1C[C@@H](Oc2cc(-c3ccccc3)nc3cc(OC)ccc23)CN1C(=O)[C@@H](NC(=O)OC(C)(C)C)C(C)C)C(=O)O. The first-order chi connectivity index (χ1) is 46.4. The van der Waals surface area contributed by atoms with E-state index in [9.17, 15) is 44.2 Å². The molecule has 6 aromatic rings. The molecule has 0 saturated carbocycles. The lowest BCUT2D eigenvalue weighted by Gasteiger charge is -2.31. The summed E-state index contributed by atoms with van der Waals surface area (Å²) in [5, 5.41) is 38.9. The van der Waals surface area contributed by atoms with Crippen LogP contribution >= 0.6 is 0 Å². The number of methoxy groups -OCH3 is 2. The summed E-state index contributed by atoms with van der Waals surface area (Å²) in [4.78, 5) is 99.8. The van der Waals surface area contributed by atoms with E-state index in [1.807, 2.05) is 143 Å². The third-order valence-electron chi connectivity index (χ3n) is 16.1. The van der Waals surface area contributed by atoms with Crippen molar-refractivity contribution in [1.82, 2.24) is 35.7 Å². The summed E-state index contributed by atoms with van der Waals surface area (Å²) >= 11 is 0. The topological polar surface area (TPSA) is 341 Å². The summed E-state index contributed by atoms with van der Waals surface area (Å²) in [5.74, 6) is -1.36. The highest BCUT2D eigenvalue weighted by molar-refractivity contribution is 5.98. The van der Waals surface area contributed by atoms with Crippen LogP contribution in [0.15, 0.2) is 119 Å². The number of carboxylic acid groups (broad SMARTS) is 2. The van der Waals surface area contributed by atoms with Crippen LogP contribution in [0, 0.1) is 23.3 Å². The molecule has 2 aliphatic heterocycles. The van der Waals surface area contributed by atoms with Crippen molar-refractivity contribution in [1.29, 1.82) is 5.26 Å². The number of nitrogens with zero attached hydrogens (tertiary/aromatic N) is 7. The zero-order chi connectivity index (χ0) is 71.8. The van der Waals surface area contributed by atoms with Gasteiger partial charge in [0.25, 0.3) is 0 Å². The van der Waals surface area contributed by atoms with E-state index in [-0.39, 0.29) is 55.9 Å². The van der Waals surface area contributed by atoms with Gasteiger partial charge in [-0.05, 0) is 90.5 Å². The summed E-state index contributed by atoms with van der Waals surface area (Å²) < 4.78 is 35.1. The standard InChI is InChI=1S/C37H46N6O7.C36H47N5O7/c1-8-12-27(35(45)46)41-33(39-21-38)30-18-25(20-43(30)34(44)32(22(2)3)42-36(47)50-37(4,5)6)49-31-19-28(23-13-10-9-11-14-23)40-29-17-24(48-7)15-16-26(29)31;1-8-12-26(34(43)44)39-32(37)29-18-24(20-41(29)33(42)31(21(2)3)40-35(45)48-36(4,5)6)47-30-19-27(22-13-10-9-11-14-22)38-28-17-23(46-7)15-16-25(28)30/h9-11,13-17,19,22,25,27,30,32H,8,12,18,20H2,1-7H3,(H,39,41)(H,42,47)(H,45,46);9-11,13-17,19,21,24,26,29,31H,8,12,18,20H2,1-7H3,(H2,37,39)(H,40,45)(H,43,44)/t25-,27+,30+,32+;24-,26+,29+,31+/m11/s1. The van der Waals surface area contributed by atoms with Crippen LogP contribution in [-0.2, 0) is 28.7 Å². The summed E-state index contributed by atoms with van der Waals surface area (Å²) in [7, 11) is 3.17. The highest BCUT2D eigenvalue weighted by Crippen LogP contribution is 2.38. The molecule has 524 valence electrons. The Morgan fingerprint density at radius 3 is 1.38 bits per heavy atom. The molecular formula is C73H93N11O14. The number of carbonyl (C=O) groups excluding carboxylic acids is 4. The van der Waals surface area contributed by atoms with Crippen molar-refractivity contribution in [3.8, 4) is 51.7 Å². The number of aromatic nitrogens is 2. The molecule has 4 aromatic carbocycles. The first-order valence-corrected chi connectivity index (χ1v) is 33.0. The number of amidine groups is 2. The minimum absolute atomic E-state index is 0.0179. The van der Waals surface area contributed by atoms with Gasteiger partial charge in [0.2, 0.25) is 11.8 Å². The zero-order valence-electron chi connectivity index (χ0n) is 58.3. The minimum atomic E-state index is -1.15. The lowest BCUT2D eigenvalue weighted by Crippen LogP contribution is -2.55. The van der Waals surface area contributed by atoms with Crippen LogP contribution in [-0.4, -0.2) is 165 Å². The number of hydrogen-bond acceptors (Lipinski definition) is 17. The van der Waals surface area contributed by atoms with Crippen LogP contribution in [0.2, 0.25) is 0 Å². The van der Waals surface area contributed by atoms with Crippen molar-refractivity contribution in [3.63, 3.8) is 0 Å². The smallest absolute Gasteiger partial charge is 0.408 e. The number of ether oxygens (including phenoxy) is 6. The van der Waals surface area contributed by atoms with Crippen molar-refractivity contribution in [2.75, 3.05) is 27.3 Å². The molecule has 98 heavy (non-hydrogen) atoms. The van der Waals surface area contributed by atoms with Crippen LogP contribution < -0.4 is 40.6 Å². The van der Waals surface area contributed by atoms with Gasteiger partial charge in [-0.15, -0.1) is 0 Å². The summed E-state index contributed by atoms with van der Waals surface area (Å²) in [6.45, 7) is 21.5. The Morgan fingerprint density at radius 1 is 0.612 bits per heavy atom. The number of hydrogen-bond donors (Lipinski definition) is 6. The molecule has 25 heteroatoms. The van der Waals surface area contributed by atoms with Gasteiger partial charge >= 0.3 is 24.1 Å². The lowest BCUT2D eigenvalue weighted by molar-refractivity contribution is -0.139. The fraction of sp³-hybridized carbons (Fsp3) is 0.466. The Hall–Kier alpha value is -10.2. The number of pyridine rings is 2. The number of carboxylic acids is 2. The Morgan fingerprint density at radius 2 is 1.01 bits per heavy atom. The van der Waals surface area contributed by atoms with Crippen molar-refractivity contribution < 1.29 is 67.4 Å². The predicted molar refractivity (Wildman–Crippen MR) is 373 cm³/mol. The molecular weight excluding hydrogens is 1250 g/mol. The van der Waals surface area contributed by atoms with Crippen LogP contribution in [0.5, 0.6) is 23.0 Å². The number of nitrogens with two attached hydrogens (primary N) is 1. The van der Waals surface area contributed by atoms with Crippen molar-refractivity contribution >= 4 is 69.4 Å². The van der Waals surface area contributed by atoms with Gasteiger partial charge in [-0.3, -0.25) is 24.9 Å². The van der Waals surface area contributed by atoms with Gasteiger partial charge in [-0.2, -0.15) is 5.26 Å². The van der Waals surface area contributed by atoms with Crippen molar-refractivity contribution in [3.05, 3.63) is 109 Å². The second kappa shape index (κ2) is 33.6. The molecule has 4 amide bonds. The number of carbonyl (C=O) groups is 6. The van der Waals surface area contributed by atoms with Crippen molar-refractivity contribution in [2.24, 2.45) is 27.6 Å². The van der Waals surface area contributed by atoms with Crippen LogP contribution in [0.3, 0.4) is 0 Å². The number of nitriles is 1. The predicted octanol–water partition coefficient (Wildman–Crippen LogP) is 10.9. The third-order valence-corrected chi connectivity index (χ3v) is 16.1. The molecule has 7 N–H and O–H groups in total. The van der Waals surface area contributed by atoms with Gasteiger partial charge in [0.1, 0.15) is 82.2 Å². The number of alkyl carbamates (subject to hydrolysis) is 2. The van der Waals surface area contributed by atoms with E-state index in [2.05, 4.69) is 25.9 Å². The molecule has 0 bridgehead atoms. The van der Waals surface area contributed by atoms with Gasteiger partial charge in [-0.25, -0.2) is 29.1 Å². The highest BCUT2D eigenvalue weighted by Gasteiger charge is 2.45. The van der Waals surface area contributed by atoms with Crippen LogP contribution in [0.25, 0.3) is 44.3 Å². The van der Waals surface area contributed by atoms with E-state index in [1.54, 1.807) is 69.6 Å². The number of likely N-dealkylation sites (tertiary alicyclic amines) is 2. The zero-order valence-corrected chi connectivity index (χ0v) is 58.3. The fourth-order valence-electron chi connectivity index (χ4n) is 11.4. The van der Waals surface area contributed by atoms with Crippen LogP contribution in [0.1, 0.15) is 122 Å². The molecule has 4 heterocycles. The molecule has 25 nitrogen and oxygen atoms in total. The number of aliphatic carboxylic acids is 2. The summed E-state index contributed by atoms with van der Waals surface area (Å²) in [5.41, 5.74) is 9.41. The fourth-order valence-corrected chi connectivity index (χ4v) is 11.4. The Balaban J connectivity index is 0.000000276. The molecule has 0 unspecified atom stereocenters. The maximum Gasteiger partial charge on any atom is 0.408 e. The van der Waals surface area contributed by atoms with E-state index in [0.29, 0.717) is 64.7 Å². The monoisotopic (exact) mass is 1350 g/mol. The van der Waals surface area contributed by atoms with E-state index in [4.69, 9.17) is 44.1 Å². The van der Waals surface area contributed by atoms with Crippen LogP contribution in [0.4, 0.5) is 9.59 Å². The van der Waals surface area contributed by atoms with E-state index < -0.39 is 95.6 Å². The average Bonchev–Trinajstić information content (AvgIpc) is 1.31. The number of rotatable bonds is 24. The molecule has 0 spiro atoms. The third kappa shape index (κ3) is 20.2. The Labute approximate surface area is 572 Å². The van der Waals surface area contributed by atoms with Gasteiger partial charge in [-0.1, -0.05) is 115 Å².